The molecule has 0 aliphatic heterocycles. The minimum absolute atomic E-state index is 0.0784. The van der Waals surface area contributed by atoms with Crippen molar-refractivity contribution in [1.29, 1.82) is 0 Å². The van der Waals surface area contributed by atoms with Gasteiger partial charge in [0.2, 0.25) is 0 Å². The third-order valence-corrected chi connectivity index (χ3v) is 3.14. The SMILES string of the molecule is CNC(=O)NC(=O)COC(=O)CCc1ccc(-c2ccccc2)o1. The molecular formula is C17H18N2O5. The van der Waals surface area contributed by atoms with Crippen LogP contribution in [-0.2, 0) is 20.7 Å². The Morgan fingerprint density at radius 1 is 1.08 bits per heavy atom. The van der Waals surface area contributed by atoms with Crippen molar-refractivity contribution >= 4 is 17.9 Å². The summed E-state index contributed by atoms with van der Waals surface area (Å²) in [6.07, 6.45) is 0.442. The molecular weight excluding hydrogens is 312 g/mol. The van der Waals surface area contributed by atoms with Gasteiger partial charge >= 0.3 is 12.0 Å². The molecule has 0 bridgehead atoms. The molecule has 7 nitrogen and oxygen atoms in total. The van der Waals surface area contributed by atoms with Crippen LogP contribution in [-0.4, -0.2) is 31.6 Å². The van der Waals surface area contributed by atoms with Crippen LogP contribution >= 0.6 is 0 Å². The Morgan fingerprint density at radius 2 is 1.83 bits per heavy atom. The number of carbonyl (C=O) groups is 3. The predicted octanol–water partition coefficient (Wildman–Crippen LogP) is 1.88. The van der Waals surface area contributed by atoms with Crippen molar-refractivity contribution in [3.8, 4) is 11.3 Å². The third-order valence-electron chi connectivity index (χ3n) is 3.14. The maximum atomic E-state index is 11.6. The van der Waals surface area contributed by atoms with Crippen molar-refractivity contribution in [2.24, 2.45) is 0 Å². The second kappa shape index (κ2) is 8.52. The maximum absolute atomic E-state index is 11.6. The molecule has 0 saturated heterocycles. The summed E-state index contributed by atoms with van der Waals surface area (Å²) in [7, 11) is 1.38. The van der Waals surface area contributed by atoms with Gasteiger partial charge in [-0.15, -0.1) is 0 Å². The summed E-state index contributed by atoms with van der Waals surface area (Å²) < 4.78 is 10.5. The van der Waals surface area contributed by atoms with E-state index in [2.05, 4.69) is 5.32 Å². The van der Waals surface area contributed by atoms with Crippen LogP contribution in [0.2, 0.25) is 0 Å². The molecule has 0 saturated carbocycles. The predicted molar refractivity (Wildman–Crippen MR) is 86.0 cm³/mol. The number of carbonyl (C=O) groups excluding carboxylic acids is 3. The fourth-order valence-corrected chi connectivity index (χ4v) is 1.94. The van der Waals surface area contributed by atoms with Gasteiger partial charge in [-0.05, 0) is 12.1 Å². The Hall–Kier alpha value is -3.09. The number of nitrogens with one attached hydrogen (secondary N) is 2. The monoisotopic (exact) mass is 330 g/mol. The molecule has 7 heteroatoms. The fourth-order valence-electron chi connectivity index (χ4n) is 1.94. The highest BCUT2D eigenvalue weighted by atomic mass is 16.5. The lowest BCUT2D eigenvalue weighted by molar-refractivity contribution is -0.148. The lowest BCUT2D eigenvalue weighted by atomic mass is 10.2. The van der Waals surface area contributed by atoms with E-state index in [4.69, 9.17) is 9.15 Å². The number of ether oxygens (including phenoxy) is 1. The Labute approximate surface area is 139 Å². The normalized spacial score (nSPS) is 10.0. The third kappa shape index (κ3) is 5.28. The van der Waals surface area contributed by atoms with Gasteiger partial charge in [-0.2, -0.15) is 0 Å². The van der Waals surface area contributed by atoms with Gasteiger partial charge in [-0.1, -0.05) is 30.3 Å². The first-order valence-corrected chi connectivity index (χ1v) is 7.40. The van der Waals surface area contributed by atoms with E-state index < -0.39 is 24.5 Å². The highest BCUT2D eigenvalue weighted by Crippen LogP contribution is 2.22. The molecule has 126 valence electrons. The summed E-state index contributed by atoms with van der Waals surface area (Å²) in [6.45, 7) is -0.500. The topological polar surface area (TPSA) is 97.6 Å². The number of aryl methyl sites for hydroxylation is 1. The molecule has 0 spiro atoms. The lowest BCUT2D eigenvalue weighted by Crippen LogP contribution is -2.39. The average molecular weight is 330 g/mol. The van der Waals surface area contributed by atoms with Crippen molar-refractivity contribution in [3.63, 3.8) is 0 Å². The van der Waals surface area contributed by atoms with Crippen LogP contribution in [0.3, 0.4) is 0 Å². The minimum Gasteiger partial charge on any atom is -0.461 e. The van der Waals surface area contributed by atoms with E-state index >= 15 is 0 Å². The molecule has 1 aromatic carbocycles. The molecule has 1 aromatic heterocycles. The van der Waals surface area contributed by atoms with Crippen LogP contribution in [0, 0.1) is 0 Å². The van der Waals surface area contributed by atoms with Crippen molar-refractivity contribution < 1.29 is 23.5 Å². The summed E-state index contributed by atoms with van der Waals surface area (Å²) in [5, 5.41) is 4.22. The maximum Gasteiger partial charge on any atom is 0.321 e. The van der Waals surface area contributed by atoms with Gasteiger partial charge in [-0.3, -0.25) is 14.9 Å². The molecule has 0 aliphatic rings. The summed E-state index contributed by atoms with van der Waals surface area (Å²) >= 11 is 0. The van der Waals surface area contributed by atoms with Crippen LogP contribution in [0.4, 0.5) is 4.79 Å². The van der Waals surface area contributed by atoms with Crippen molar-refractivity contribution in [2.75, 3.05) is 13.7 Å². The van der Waals surface area contributed by atoms with E-state index in [1.165, 1.54) is 7.05 Å². The zero-order valence-electron chi connectivity index (χ0n) is 13.2. The molecule has 0 atom stereocenters. The largest absolute Gasteiger partial charge is 0.461 e. The average Bonchev–Trinajstić information content (AvgIpc) is 3.08. The number of imide groups is 1. The van der Waals surface area contributed by atoms with Gasteiger partial charge in [0.15, 0.2) is 6.61 Å². The second-order valence-corrected chi connectivity index (χ2v) is 4.92. The number of hydrogen-bond acceptors (Lipinski definition) is 5. The Balaban J connectivity index is 1.75. The molecule has 1 heterocycles. The zero-order valence-corrected chi connectivity index (χ0v) is 13.2. The smallest absolute Gasteiger partial charge is 0.321 e. The molecule has 0 aliphatic carbocycles. The van der Waals surface area contributed by atoms with Crippen LogP contribution in [0.5, 0.6) is 0 Å². The summed E-state index contributed by atoms with van der Waals surface area (Å²) in [6, 6.07) is 12.6. The number of benzene rings is 1. The van der Waals surface area contributed by atoms with E-state index in [1.54, 1.807) is 6.07 Å². The summed E-state index contributed by atoms with van der Waals surface area (Å²) in [5.74, 6) is 0.149. The second-order valence-electron chi connectivity index (χ2n) is 4.92. The van der Waals surface area contributed by atoms with Crippen molar-refractivity contribution in [1.82, 2.24) is 10.6 Å². The van der Waals surface area contributed by atoms with Crippen LogP contribution < -0.4 is 10.6 Å². The number of amides is 3. The van der Waals surface area contributed by atoms with Crippen LogP contribution in [0.25, 0.3) is 11.3 Å². The first-order valence-electron chi connectivity index (χ1n) is 7.40. The highest BCUT2D eigenvalue weighted by molar-refractivity contribution is 5.95. The van der Waals surface area contributed by atoms with Gasteiger partial charge in [0.05, 0.1) is 6.42 Å². The molecule has 0 fully saturated rings. The van der Waals surface area contributed by atoms with E-state index in [-0.39, 0.29) is 6.42 Å². The van der Waals surface area contributed by atoms with Gasteiger partial charge in [0.1, 0.15) is 11.5 Å². The standard InChI is InChI=1S/C17H18N2O5/c1-18-17(22)19-15(20)11-23-16(21)10-8-13-7-9-14(24-13)12-5-3-2-4-6-12/h2-7,9H,8,10-11H2,1H3,(H2,18,19,20,22). The van der Waals surface area contributed by atoms with Gasteiger partial charge in [0, 0.05) is 19.0 Å². The summed E-state index contributed by atoms with van der Waals surface area (Å²) in [4.78, 5) is 33.8. The fraction of sp³-hybridized carbons (Fsp3) is 0.235. The van der Waals surface area contributed by atoms with Gasteiger partial charge in [-0.25, -0.2) is 4.79 Å². The molecule has 2 N–H and O–H groups in total. The zero-order chi connectivity index (χ0) is 17.4. The Morgan fingerprint density at radius 3 is 2.54 bits per heavy atom. The first-order chi connectivity index (χ1) is 11.6. The van der Waals surface area contributed by atoms with E-state index in [0.717, 1.165) is 11.3 Å². The number of hydrogen-bond donors (Lipinski definition) is 2. The van der Waals surface area contributed by atoms with Crippen molar-refractivity contribution in [2.45, 2.75) is 12.8 Å². The first kappa shape index (κ1) is 17.3. The molecule has 0 unspecified atom stereocenters. The molecule has 0 radical (unpaired) electrons. The van der Waals surface area contributed by atoms with Gasteiger partial charge < -0.3 is 14.5 Å². The van der Waals surface area contributed by atoms with Crippen LogP contribution in [0.15, 0.2) is 46.9 Å². The molecule has 2 aromatic rings. The van der Waals surface area contributed by atoms with Gasteiger partial charge in [0.25, 0.3) is 5.91 Å². The summed E-state index contributed by atoms with van der Waals surface area (Å²) in [5.41, 5.74) is 0.956. The number of furan rings is 1. The lowest BCUT2D eigenvalue weighted by Gasteiger charge is -2.04. The Kier molecular flexibility index (Phi) is 6.13. The van der Waals surface area contributed by atoms with E-state index in [0.29, 0.717) is 12.2 Å². The highest BCUT2D eigenvalue weighted by Gasteiger charge is 2.11. The Bertz CT molecular complexity index is 709. The van der Waals surface area contributed by atoms with E-state index in [9.17, 15) is 14.4 Å². The molecule has 24 heavy (non-hydrogen) atoms. The number of esters is 1. The molecule has 3 amide bonds. The van der Waals surface area contributed by atoms with Crippen LogP contribution in [0.1, 0.15) is 12.2 Å². The van der Waals surface area contributed by atoms with Crippen molar-refractivity contribution in [3.05, 3.63) is 48.2 Å². The molecule has 2 rings (SSSR count). The number of urea groups is 1. The minimum atomic E-state index is -0.688. The number of rotatable bonds is 6. The quantitative estimate of drug-likeness (QED) is 0.788. The van der Waals surface area contributed by atoms with E-state index in [1.807, 2.05) is 41.7 Å².